The Kier molecular flexibility index (Phi) is 5.07. The zero-order chi connectivity index (χ0) is 15.3. The Morgan fingerprint density at radius 3 is 2.86 bits per heavy atom. The SMILES string of the molecule is CCOc1cccc(C(C)NC(=O)NCC2(CO)CC2)c1. The molecule has 5 heteroatoms. The number of rotatable bonds is 7. The van der Waals surface area contributed by atoms with E-state index in [2.05, 4.69) is 10.6 Å². The van der Waals surface area contributed by atoms with E-state index in [1.54, 1.807) is 0 Å². The maximum absolute atomic E-state index is 11.9. The predicted molar refractivity (Wildman–Crippen MR) is 81.3 cm³/mol. The molecular formula is C16H24N2O3. The maximum Gasteiger partial charge on any atom is 0.315 e. The van der Waals surface area contributed by atoms with Crippen molar-refractivity contribution in [3.05, 3.63) is 29.8 Å². The smallest absolute Gasteiger partial charge is 0.315 e. The minimum atomic E-state index is -0.205. The molecule has 1 aromatic carbocycles. The van der Waals surface area contributed by atoms with E-state index in [1.807, 2.05) is 38.1 Å². The van der Waals surface area contributed by atoms with Gasteiger partial charge in [-0.3, -0.25) is 0 Å². The van der Waals surface area contributed by atoms with Gasteiger partial charge in [0.15, 0.2) is 0 Å². The second-order valence-electron chi connectivity index (χ2n) is 5.71. The summed E-state index contributed by atoms with van der Waals surface area (Å²) in [5.74, 6) is 0.807. The summed E-state index contributed by atoms with van der Waals surface area (Å²) in [7, 11) is 0. The van der Waals surface area contributed by atoms with Crippen LogP contribution in [0.2, 0.25) is 0 Å². The van der Waals surface area contributed by atoms with Crippen molar-refractivity contribution in [2.45, 2.75) is 32.7 Å². The third-order valence-corrected chi connectivity index (χ3v) is 3.93. The van der Waals surface area contributed by atoms with Gasteiger partial charge >= 0.3 is 6.03 Å². The van der Waals surface area contributed by atoms with Crippen LogP contribution in [0.3, 0.4) is 0 Å². The third-order valence-electron chi connectivity index (χ3n) is 3.93. The Labute approximate surface area is 125 Å². The van der Waals surface area contributed by atoms with Crippen molar-refractivity contribution in [2.24, 2.45) is 5.41 Å². The second-order valence-corrected chi connectivity index (χ2v) is 5.71. The normalized spacial score (nSPS) is 16.9. The van der Waals surface area contributed by atoms with Gasteiger partial charge in [0.1, 0.15) is 5.75 Å². The zero-order valence-corrected chi connectivity index (χ0v) is 12.7. The predicted octanol–water partition coefficient (Wildman–Crippen LogP) is 2.22. The number of hydrogen-bond donors (Lipinski definition) is 3. The van der Waals surface area contributed by atoms with Gasteiger partial charge in [-0.25, -0.2) is 4.79 Å². The molecule has 1 aliphatic carbocycles. The number of amides is 2. The Balaban J connectivity index is 1.84. The van der Waals surface area contributed by atoms with Crippen LogP contribution in [0.25, 0.3) is 0 Å². The van der Waals surface area contributed by atoms with Gasteiger partial charge in [0.05, 0.1) is 19.3 Å². The highest BCUT2D eigenvalue weighted by Gasteiger charge is 2.42. The zero-order valence-electron chi connectivity index (χ0n) is 12.7. The lowest BCUT2D eigenvalue weighted by atomic mass is 10.1. The average molecular weight is 292 g/mol. The molecule has 3 N–H and O–H groups in total. The molecule has 1 atom stereocenters. The molecule has 1 aromatic rings. The van der Waals surface area contributed by atoms with Crippen molar-refractivity contribution in [1.29, 1.82) is 0 Å². The van der Waals surface area contributed by atoms with Gasteiger partial charge in [0, 0.05) is 12.0 Å². The standard InChI is InChI=1S/C16H24N2O3/c1-3-21-14-6-4-5-13(9-14)12(2)18-15(20)17-10-16(11-19)7-8-16/h4-6,9,12,19H,3,7-8,10-11H2,1-2H3,(H2,17,18,20). The molecule has 2 amide bonds. The fourth-order valence-electron chi connectivity index (χ4n) is 2.21. The summed E-state index contributed by atoms with van der Waals surface area (Å²) < 4.78 is 5.46. The van der Waals surface area contributed by atoms with Crippen LogP contribution in [0.5, 0.6) is 5.75 Å². The van der Waals surface area contributed by atoms with Gasteiger partial charge in [-0.2, -0.15) is 0 Å². The van der Waals surface area contributed by atoms with E-state index in [1.165, 1.54) is 0 Å². The van der Waals surface area contributed by atoms with E-state index in [0.717, 1.165) is 24.2 Å². The molecule has 2 rings (SSSR count). The molecule has 0 bridgehead atoms. The van der Waals surface area contributed by atoms with Crippen LogP contribution in [0, 0.1) is 5.41 Å². The first-order chi connectivity index (χ1) is 10.1. The molecule has 0 spiro atoms. The maximum atomic E-state index is 11.9. The van der Waals surface area contributed by atoms with Crippen LogP contribution in [0.4, 0.5) is 4.79 Å². The van der Waals surface area contributed by atoms with Crippen LogP contribution >= 0.6 is 0 Å². The largest absolute Gasteiger partial charge is 0.494 e. The van der Waals surface area contributed by atoms with Crippen LogP contribution < -0.4 is 15.4 Å². The van der Waals surface area contributed by atoms with Crippen molar-refractivity contribution in [2.75, 3.05) is 19.8 Å². The summed E-state index contributed by atoms with van der Waals surface area (Å²) in [4.78, 5) is 11.9. The number of aliphatic hydroxyl groups excluding tert-OH is 1. The highest BCUT2D eigenvalue weighted by Crippen LogP contribution is 2.44. The summed E-state index contributed by atoms with van der Waals surface area (Å²) in [5, 5.41) is 15.0. The van der Waals surface area contributed by atoms with E-state index in [0.29, 0.717) is 13.2 Å². The third kappa shape index (κ3) is 4.36. The lowest BCUT2D eigenvalue weighted by Crippen LogP contribution is -2.40. The first-order valence-corrected chi connectivity index (χ1v) is 7.46. The van der Waals surface area contributed by atoms with Crippen LogP contribution in [-0.4, -0.2) is 30.9 Å². The number of urea groups is 1. The van der Waals surface area contributed by atoms with Crippen molar-refractivity contribution in [3.63, 3.8) is 0 Å². The number of hydrogen-bond acceptors (Lipinski definition) is 3. The molecule has 1 unspecified atom stereocenters. The minimum Gasteiger partial charge on any atom is -0.494 e. The lowest BCUT2D eigenvalue weighted by molar-refractivity contribution is 0.202. The molecule has 5 nitrogen and oxygen atoms in total. The summed E-state index contributed by atoms with van der Waals surface area (Å²) in [5.41, 5.74) is 0.925. The summed E-state index contributed by atoms with van der Waals surface area (Å²) in [6.45, 7) is 5.16. The summed E-state index contributed by atoms with van der Waals surface area (Å²) in [6, 6.07) is 7.41. The van der Waals surface area contributed by atoms with E-state index in [9.17, 15) is 9.90 Å². The van der Waals surface area contributed by atoms with Crippen LogP contribution in [0.15, 0.2) is 24.3 Å². The first kappa shape index (κ1) is 15.6. The summed E-state index contributed by atoms with van der Waals surface area (Å²) in [6.07, 6.45) is 1.96. The number of carbonyl (C=O) groups excluding carboxylic acids is 1. The number of nitrogens with one attached hydrogen (secondary N) is 2. The second kappa shape index (κ2) is 6.80. The number of aliphatic hydroxyl groups is 1. The van der Waals surface area contributed by atoms with Gasteiger partial charge in [-0.1, -0.05) is 12.1 Å². The minimum absolute atomic E-state index is 0.0739. The molecular weight excluding hydrogens is 268 g/mol. The Morgan fingerprint density at radius 1 is 1.48 bits per heavy atom. The molecule has 0 radical (unpaired) electrons. The average Bonchev–Trinajstić information content (AvgIpc) is 3.26. The highest BCUT2D eigenvalue weighted by atomic mass is 16.5. The molecule has 0 aromatic heterocycles. The van der Waals surface area contributed by atoms with Gasteiger partial charge < -0.3 is 20.5 Å². The van der Waals surface area contributed by atoms with Crippen molar-refractivity contribution in [3.8, 4) is 5.75 Å². The molecule has 0 heterocycles. The van der Waals surface area contributed by atoms with Crippen molar-refractivity contribution >= 4 is 6.03 Å². The topological polar surface area (TPSA) is 70.6 Å². The van der Waals surface area contributed by atoms with Gasteiger partial charge in [0.25, 0.3) is 0 Å². The summed E-state index contributed by atoms with van der Waals surface area (Å²) >= 11 is 0. The molecule has 0 saturated heterocycles. The quantitative estimate of drug-likeness (QED) is 0.721. The van der Waals surface area contributed by atoms with Gasteiger partial charge in [0.2, 0.25) is 0 Å². The first-order valence-electron chi connectivity index (χ1n) is 7.46. The Morgan fingerprint density at radius 2 is 2.24 bits per heavy atom. The van der Waals surface area contributed by atoms with Crippen molar-refractivity contribution < 1.29 is 14.6 Å². The van der Waals surface area contributed by atoms with E-state index >= 15 is 0 Å². The molecule has 1 saturated carbocycles. The number of ether oxygens (including phenoxy) is 1. The Bertz CT molecular complexity index is 486. The van der Waals surface area contributed by atoms with Gasteiger partial charge in [-0.05, 0) is 44.4 Å². The number of carbonyl (C=O) groups is 1. The van der Waals surface area contributed by atoms with Crippen molar-refractivity contribution in [1.82, 2.24) is 10.6 Å². The Hall–Kier alpha value is -1.75. The van der Waals surface area contributed by atoms with E-state index in [-0.39, 0.29) is 24.1 Å². The fraction of sp³-hybridized carbons (Fsp3) is 0.562. The fourth-order valence-corrected chi connectivity index (χ4v) is 2.21. The monoisotopic (exact) mass is 292 g/mol. The van der Waals surface area contributed by atoms with Crippen LogP contribution in [-0.2, 0) is 0 Å². The molecule has 1 fully saturated rings. The molecule has 1 aliphatic rings. The molecule has 21 heavy (non-hydrogen) atoms. The number of benzene rings is 1. The lowest BCUT2D eigenvalue weighted by Gasteiger charge is -2.18. The van der Waals surface area contributed by atoms with Crippen LogP contribution in [0.1, 0.15) is 38.3 Å². The molecule has 0 aliphatic heterocycles. The van der Waals surface area contributed by atoms with E-state index < -0.39 is 0 Å². The van der Waals surface area contributed by atoms with Gasteiger partial charge in [-0.15, -0.1) is 0 Å². The highest BCUT2D eigenvalue weighted by molar-refractivity contribution is 5.74. The molecule has 116 valence electrons. The van der Waals surface area contributed by atoms with E-state index in [4.69, 9.17) is 4.74 Å².